The summed E-state index contributed by atoms with van der Waals surface area (Å²) in [6.07, 6.45) is 1.14. The first-order chi connectivity index (χ1) is 12.5. The summed E-state index contributed by atoms with van der Waals surface area (Å²) in [5.74, 6) is -0.775. The minimum atomic E-state index is -0.387. The Hall–Kier alpha value is -2.41. The van der Waals surface area contributed by atoms with Crippen LogP contribution in [0.25, 0.3) is 0 Å². The molecule has 1 aromatic carbocycles. The summed E-state index contributed by atoms with van der Waals surface area (Å²) in [6.45, 7) is 3.70. The molecule has 0 aromatic heterocycles. The van der Waals surface area contributed by atoms with E-state index in [1.807, 2.05) is 0 Å². The highest BCUT2D eigenvalue weighted by molar-refractivity contribution is 6.00. The van der Waals surface area contributed by atoms with E-state index in [2.05, 4.69) is 0 Å². The van der Waals surface area contributed by atoms with Crippen molar-refractivity contribution in [1.82, 2.24) is 4.90 Å². The van der Waals surface area contributed by atoms with Crippen molar-refractivity contribution in [3.63, 3.8) is 0 Å². The number of likely N-dealkylation sites (tertiary alicyclic amines) is 1. The zero-order valence-corrected chi connectivity index (χ0v) is 15.1. The molecule has 0 bridgehead atoms. The summed E-state index contributed by atoms with van der Waals surface area (Å²) in [4.78, 5) is 40.2. The fourth-order valence-corrected chi connectivity index (χ4v) is 3.49. The lowest BCUT2D eigenvalue weighted by atomic mass is 10.1. The predicted molar refractivity (Wildman–Crippen MR) is 94.9 cm³/mol. The monoisotopic (exact) mass is 360 g/mol. The SMILES string of the molecule is CCOC(=O)c1ccc(N2CC(C(=O)N3CCC(OC)C3)CC2=O)cc1. The molecule has 3 rings (SSSR count). The smallest absolute Gasteiger partial charge is 0.338 e. The number of benzene rings is 1. The van der Waals surface area contributed by atoms with Crippen LogP contribution in [-0.2, 0) is 19.1 Å². The normalized spacial score (nSPS) is 22.8. The highest BCUT2D eigenvalue weighted by Gasteiger charge is 2.39. The van der Waals surface area contributed by atoms with Crippen molar-refractivity contribution in [1.29, 1.82) is 0 Å². The van der Waals surface area contributed by atoms with Crippen LogP contribution < -0.4 is 4.90 Å². The van der Waals surface area contributed by atoms with Crippen LogP contribution in [0.1, 0.15) is 30.1 Å². The van der Waals surface area contributed by atoms with Gasteiger partial charge in [0.2, 0.25) is 11.8 Å². The Bertz CT molecular complexity index is 688. The van der Waals surface area contributed by atoms with Crippen molar-refractivity contribution >= 4 is 23.5 Å². The largest absolute Gasteiger partial charge is 0.462 e. The van der Waals surface area contributed by atoms with Crippen LogP contribution in [0, 0.1) is 5.92 Å². The molecule has 2 amide bonds. The number of carbonyl (C=O) groups is 3. The summed E-state index contributed by atoms with van der Waals surface area (Å²) in [7, 11) is 1.65. The number of hydrogen-bond donors (Lipinski definition) is 0. The van der Waals surface area contributed by atoms with E-state index in [4.69, 9.17) is 9.47 Å². The van der Waals surface area contributed by atoms with Gasteiger partial charge in [0.1, 0.15) is 0 Å². The third-order valence-electron chi connectivity index (χ3n) is 4.95. The van der Waals surface area contributed by atoms with Gasteiger partial charge in [-0.25, -0.2) is 4.79 Å². The zero-order chi connectivity index (χ0) is 18.7. The Balaban J connectivity index is 1.64. The number of methoxy groups -OCH3 is 1. The van der Waals surface area contributed by atoms with Crippen LogP contribution in [0.2, 0.25) is 0 Å². The second kappa shape index (κ2) is 7.86. The molecule has 140 valence electrons. The maximum absolute atomic E-state index is 12.7. The van der Waals surface area contributed by atoms with E-state index in [-0.39, 0.29) is 36.2 Å². The first-order valence-corrected chi connectivity index (χ1v) is 8.92. The quantitative estimate of drug-likeness (QED) is 0.743. The van der Waals surface area contributed by atoms with Crippen LogP contribution in [0.3, 0.4) is 0 Å². The van der Waals surface area contributed by atoms with Gasteiger partial charge >= 0.3 is 5.97 Å². The lowest BCUT2D eigenvalue weighted by Gasteiger charge is -2.21. The molecule has 26 heavy (non-hydrogen) atoms. The molecule has 2 heterocycles. The van der Waals surface area contributed by atoms with Gasteiger partial charge < -0.3 is 19.3 Å². The summed E-state index contributed by atoms with van der Waals surface area (Å²) in [5.41, 5.74) is 1.13. The molecule has 7 nitrogen and oxygen atoms in total. The van der Waals surface area contributed by atoms with Gasteiger partial charge in [-0.1, -0.05) is 0 Å². The molecule has 7 heteroatoms. The molecule has 2 unspecified atom stereocenters. The van der Waals surface area contributed by atoms with Gasteiger partial charge in [0, 0.05) is 38.9 Å². The molecule has 0 saturated carbocycles. The fourth-order valence-electron chi connectivity index (χ4n) is 3.49. The van der Waals surface area contributed by atoms with Gasteiger partial charge in [-0.3, -0.25) is 9.59 Å². The third-order valence-corrected chi connectivity index (χ3v) is 4.95. The second-order valence-electron chi connectivity index (χ2n) is 6.60. The number of ether oxygens (including phenoxy) is 2. The number of rotatable bonds is 5. The van der Waals surface area contributed by atoms with E-state index in [0.29, 0.717) is 37.5 Å². The van der Waals surface area contributed by atoms with Gasteiger partial charge in [-0.05, 0) is 37.6 Å². The third kappa shape index (κ3) is 3.72. The van der Waals surface area contributed by atoms with Crippen LogP contribution in [0.15, 0.2) is 24.3 Å². The van der Waals surface area contributed by atoms with Gasteiger partial charge in [0.05, 0.1) is 24.2 Å². The molecule has 2 saturated heterocycles. The van der Waals surface area contributed by atoms with Crippen molar-refractivity contribution in [2.24, 2.45) is 5.92 Å². The highest BCUT2D eigenvalue weighted by atomic mass is 16.5. The minimum Gasteiger partial charge on any atom is -0.462 e. The van der Waals surface area contributed by atoms with E-state index in [9.17, 15) is 14.4 Å². The second-order valence-corrected chi connectivity index (χ2v) is 6.60. The number of hydrogen-bond acceptors (Lipinski definition) is 5. The topological polar surface area (TPSA) is 76.2 Å². The van der Waals surface area contributed by atoms with Gasteiger partial charge in [-0.2, -0.15) is 0 Å². The maximum atomic E-state index is 12.7. The van der Waals surface area contributed by atoms with Crippen LogP contribution >= 0.6 is 0 Å². The Morgan fingerprint density at radius 3 is 2.54 bits per heavy atom. The van der Waals surface area contributed by atoms with Gasteiger partial charge in [0.25, 0.3) is 0 Å². The lowest BCUT2D eigenvalue weighted by molar-refractivity contribution is -0.135. The van der Waals surface area contributed by atoms with Crippen molar-refractivity contribution in [2.75, 3.05) is 38.3 Å². The molecule has 2 aliphatic rings. The highest BCUT2D eigenvalue weighted by Crippen LogP contribution is 2.28. The Labute approximate surface area is 152 Å². The number of amides is 2. The van der Waals surface area contributed by atoms with E-state index < -0.39 is 0 Å². The lowest BCUT2D eigenvalue weighted by Crippen LogP contribution is -2.36. The van der Waals surface area contributed by atoms with E-state index in [1.54, 1.807) is 48.1 Å². The summed E-state index contributed by atoms with van der Waals surface area (Å²) >= 11 is 0. The van der Waals surface area contributed by atoms with Crippen molar-refractivity contribution in [3.05, 3.63) is 29.8 Å². The van der Waals surface area contributed by atoms with Gasteiger partial charge in [0.15, 0.2) is 0 Å². The number of anilines is 1. The number of esters is 1. The molecular weight excluding hydrogens is 336 g/mol. The molecule has 0 aliphatic carbocycles. The number of carbonyl (C=O) groups excluding carboxylic acids is 3. The first kappa shape index (κ1) is 18.4. The minimum absolute atomic E-state index is 0.0172. The predicted octanol–water partition coefficient (Wildman–Crippen LogP) is 1.46. The average molecular weight is 360 g/mol. The summed E-state index contributed by atoms with van der Waals surface area (Å²) in [5, 5.41) is 0. The van der Waals surface area contributed by atoms with Crippen molar-refractivity contribution in [2.45, 2.75) is 25.9 Å². The molecule has 0 radical (unpaired) electrons. The molecule has 0 N–H and O–H groups in total. The Kier molecular flexibility index (Phi) is 5.56. The number of nitrogens with zero attached hydrogens (tertiary/aromatic N) is 2. The van der Waals surface area contributed by atoms with Crippen LogP contribution in [0.4, 0.5) is 5.69 Å². The molecule has 1 aromatic rings. The van der Waals surface area contributed by atoms with E-state index in [0.717, 1.165) is 6.42 Å². The summed E-state index contributed by atoms with van der Waals surface area (Å²) < 4.78 is 10.3. The Morgan fingerprint density at radius 2 is 1.92 bits per heavy atom. The molecule has 2 atom stereocenters. The van der Waals surface area contributed by atoms with Crippen molar-refractivity contribution < 1.29 is 23.9 Å². The zero-order valence-electron chi connectivity index (χ0n) is 15.1. The van der Waals surface area contributed by atoms with Crippen LogP contribution in [-0.4, -0.2) is 62.1 Å². The molecule has 2 aliphatic heterocycles. The van der Waals surface area contributed by atoms with Crippen LogP contribution in [0.5, 0.6) is 0 Å². The van der Waals surface area contributed by atoms with Crippen molar-refractivity contribution in [3.8, 4) is 0 Å². The van der Waals surface area contributed by atoms with Gasteiger partial charge in [-0.15, -0.1) is 0 Å². The maximum Gasteiger partial charge on any atom is 0.338 e. The van der Waals surface area contributed by atoms with E-state index in [1.165, 1.54) is 0 Å². The van der Waals surface area contributed by atoms with E-state index >= 15 is 0 Å². The fraction of sp³-hybridized carbons (Fsp3) is 0.526. The standard InChI is InChI=1S/C19H24N2O5/c1-3-26-19(24)13-4-6-15(7-5-13)21-11-14(10-17(21)22)18(23)20-9-8-16(12-20)25-2/h4-7,14,16H,3,8-12H2,1-2H3. The molecule has 2 fully saturated rings. The Morgan fingerprint density at radius 1 is 1.19 bits per heavy atom. The molecular formula is C19H24N2O5. The summed E-state index contributed by atoms with van der Waals surface area (Å²) in [6, 6.07) is 6.71. The molecule has 0 spiro atoms. The average Bonchev–Trinajstić information content (AvgIpc) is 3.28. The first-order valence-electron chi connectivity index (χ1n) is 8.92.